The summed E-state index contributed by atoms with van der Waals surface area (Å²) >= 11 is 1.90. The maximum atomic E-state index is 12.5. The van der Waals surface area contributed by atoms with Crippen molar-refractivity contribution in [3.8, 4) is 0 Å². The Morgan fingerprint density at radius 2 is 2.08 bits per heavy atom. The molecule has 0 saturated carbocycles. The van der Waals surface area contributed by atoms with Crippen LogP contribution in [0.25, 0.3) is 0 Å². The minimum Gasteiger partial charge on any atom is -0.383 e. The van der Waals surface area contributed by atoms with Gasteiger partial charge in [0.1, 0.15) is 0 Å². The highest BCUT2D eigenvalue weighted by atomic mass is 32.1. The summed E-state index contributed by atoms with van der Waals surface area (Å²) in [5.74, 6) is 0.285. The smallest absolute Gasteiger partial charge is 0.222 e. The summed E-state index contributed by atoms with van der Waals surface area (Å²) in [5.41, 5.74) is 0.127. The highest BCUT2D eigenvalue weighted by molar-refractivity contribution is 7.11. The molecule has 1 unspecified atom stereocenters. The lowest BCUT2D eigenvalue weighted by atomic mass is 9.86. The van der Waals surface area contributed by atoms with Crippen molar-refractivity contribution >= 4 is 17.2 Å². The third kappa shape index (κ3) is 4.42. The van der Waals surface area contributed by atoms with Crippen LogP contribution in [0.15, 0.2) is 12.1 Å². The fourth-order valence-corrected chi connectivity index (χ4v) is 5.07. The zero-order valence-electron chi connectivity index (χ0n) is 15.8. The van der Waals surface area contributed by atoms with E-state index in [2.05, 4.69) is 35.9 Å². The summed E-state index contributed by atoms with van der Waals surface area (Å²) in [5, 5.41) is 0. The fourth-order valence-electron chi connectivity index (χ4n) is 4.14. The van der Waals surface area contributed by atoms with E-state index in [1.807, 2.05) is 16.2 Å². The van der Waals surface area contributed by atoms with Crippen LogP contribution < -0.4 is 0 Å². The molecule has 0 radical (unpaired) electrons. The second-order valence-corrected chi connectivity index (χ2v) is 8.86. The number of likely N-dealkylation sites (tertiary alicyclic amines) is 1. The third-order valence-corrected chi connectivity index (χ3v) is 6.81. The molecule has 2 aliphatic heterocycles. The van der Waals surface area contributed by atoms with Crippen molar-refractivity contribution in [2.75, 3.05) is 53.5 Å². The molecule has 0 aliphatic carbocycles. The molecule has 5 nitrogen and oxygen atoms in total. The third-order valence-electron chi connectivity index (χ3n) is 5.82. The van der Waals surface area contributed by atoms with Gasteiger partial charge in [0.2, 0.25) is 5.91 Å². The molecule has 0 N–H and O–H groups in total. The van der Waals surface area contributed by atoms with Gasteiger partial charge in [-0.2, -0.15) is 0 Å². The molecule has 1 atom stereocenters. The molecule has 1 spiro atoms. The van der Waals surface area contributed by atoms with Gasteiger partial charge in [-0.3, -0.25) is 14.6 Å². The topological polar surface area (TPSA) is 36.0 Å². The zero-order chi connectivity index (χ0) is 17.9. The van der Waals surface area contributed by atoms with Gasteiger partial charge in [-0.15, -0.1) is 11.3 Å². The quantitative estimate of drug-likeness (QED) is 0.801. The predicted molar refractivity (Wildman–Crippen MR) is 102 cm³/mol. The van der Waals surface area contributed by atoms with E-state index in [-0.39, 0.29) is 11.4 Å². The normalized spacial score (nSPS) is 26.4. The first-order chi connectivity index (χ1) is 12.0. The summed E-state index contributed by atoms with van der Waals surface area (Å²) in [4.78, 5) is 22.4. The zero-order valence-corrected chi connectivity index (χ0v) is 16.6. The van der Waals surface area contributed by atoms with Crippen molar-refractivity contribution in [2.24, 2.45) is 0 Å². The van der Waals surface area contributed by atoms with E-state index in [1.165, 1.54) is 9.75 Å². The van der Waals surface area contributed by atoms with Crippen molar-refractivity contribution in [2.45, 2.75) is 38.3 Å². The Labute approximate surface area is 155 Å². The molecule has 6 heteroatoms. The molecule has 1 amide bonds. The Balaban J connectivity index is 1.66. The number of aryl methyl sites for hydroxylation is 1. The van der Waals surface area contributed by atoms with Crippen LogP contribution in [0.4, 0.5) is 0 Å². The minimum atomic E-state index is 0.127. The summed E-state index contributed by atoms with van der Waals surface area (Å²) < 4.78 is 5.17. The molecule has 140 valence electrons. The number of carbonyl (C=O) groups is 1. The monoisotopic (exact) mass is 365 g/mol. The summed E-state index contributed by atoms with van der Waals surface area (Å²) in [6.07, 6.45) is 2.67. The number of nitrogens with zero attached hydrogens (tertiary/aromatic N) is 3. The fraction of sp³-hybridized carbons (Fsp3) is 0.737. The van der Waals surface area contributed by atoms with E-state index < -0.39 is 0 Å². The Bertz CT molecular complexity index is 591. The highest BCUT2D eigenvalue weighted by Gasteiger charge is 2.42. The lowest BCUT2D eigenvalue weighted by molar-refractivity contribution is -0.131. The molecule has 25 heavy (non-hydrogen) atoms. The number of methoxy groups -OCH3 is 1. The summed E-state index contributed by atoms with van der Waals surface area (Å²) in [6, 6.07) is 4.47. The number of hydrogen-bond donors (Lipinski definition) is 0. The Morgan fingerprint density at radius 3 is 2.80 bits per heavy atom. The lowest BCUT2D eigenvalue weighted by Crippen LogP contribution is -2.60. The molecular formula is C19H31N3O2S. The maximum Gasteiger partial charge on any atom is 0.222 e. The van der Waals surface area contributed by atoms with Gasteiger partial charge in [0.25, 0.3) is 0 Å². The molecule has 2 aliphatic rings. The van der Waals surface area contributed by atoms with Gasteiger partial charge in [0.15, 0.2) is 0 Å². The predicted octanol–water partition coefficient (Wildman–Crippen LogP) is 2.20. The van der Waals surface area contributed by atoms with E-state index in [0.29, 0.717) is 19.6 Å². The number of piperazine rings is 1. The number of amides is 1. The van der Waals surface area contributed by atoms with Gasteiger partial charge < -0.3 is 9.64 Å². The second-order valence-electron chi connectivity index (χ2n) is 7.49. The average molecular weight is 366 g/mol. The van der Waals surface area contributed by atoms with Crippen LogP contribution in [-0.2, 0) is 16.1 Å². The Morgan fingerprint density at radius 1 is 1.24 bits per heavy atom. The maximum absolute atomic E-state index is 12.5. The summed E-state index contributed by atoms with van der Waals surface area (Å²) in [6.45, 7) is 8.64. The van der Waals surface area contributed by atoms with Crippen LogP contribution in [0.3, 0.4) is 0 Å². The van der Waals surface area contributed by atoms with E-state index in [0.717, 1.165) is 45.6 Å². The standard InChI is InChI=1S/C19H31N3O2S/c1-16-4-5-17(25-16)14-21-11-10-20(2)19(15-21)7-6-18(23)22(9-8-19)12-13-24-3/h4-5H,6-15H2,1-3H3. The number of carbonyl (C=O) groups excluding carboxylic acids is 1. The van der Waals surface area contributed by atoms with Crippen molar-refractivity contribution in [1.82, 2.24) is 14.7 Å². The van der Waals surface area contributed by atoms with Gasteiger partial charge in [0, 0.05) is 68.1 Å². The van der Waals surface area contributed by atoms with Gasteiger partial charge in [0.05, 0.1) is 6.61 Å². The first-order valence-electron chi connectivity index (χ1n) is 9.28. The van der Waals surface area contributed by atoms with E-state index in [1.54, 1.807) is 7.11 Å². The van der Waals surface area contributed by atoms with Crippen LogP contribution in [0, 0.1) is 6.92 Å². The van der Waals surface area contributed by atoms with Crippen molar-refractivity contribution < 1.29 is 9.53 Å². The van der Waals surface area contributed by atoms with Crippen LogP contribution in [0.5, 0.6) is 0 Å². The van der Waals surface area contributed by atoms with Gasteiger partial charge in [-0.1, -0.05) is 0 Å². The first kappa shape index (κ1) is 18.8. The van der Waals surface area contributed by atoms with E-state index in [4.69, 9.17) is 4.74 Å². The molecule has 0 aromatic carbocycles. The lowest BCUT2D eigenvalue weighted by Gasteiger charge is -2.49. The van der Waals surface area contributed by atoms with Gasteiger partial charge in [-0.25, -0.2) is 0 Å². The van der Waals surface area contributed by atoms with Crippen LogP contribution >= 0.6 is 11.3 Å². The Hall–Kier alpha value is -0.950. The average Bonchev–Trinajstić information content (AvgIpc) is 2.93. The molecule has 2 fully saturated rings. The van der Waals surface area contributed by atoms with E-state index >= 15 is 0 Å². The van der Waals surface area contributed by atoms with Gasteiger partial charge in [-0.05, 0) is 38.9 Å². The molecule has 2 saturated heterocycles. The molecule has 1 aromatic heterocycles. The molecule has 3 rings (SSSR count). The van der Waals surface area contributed by atoms with Crippen LogP contribution in [-0.4, -0.2) is 79.6 Å². The number of likely N-dealkylation sites (N-methyl/N-ethyl adjacent to an activating group) is 1. The van der Waals surface area contributed by atoms with Crippen molar-refractivity contribution in [1.29, 1.82) is 0 Å². The molecule has 1 aromatic rings. The number of hydrogen-bond acceptors (Lipinski definition) is 5. The van der Waals surface area contributed by atoms with E-state index in [9.17, 15) is 4.79 Å². The largest absolute Gasteiger partial charge is 0.383 e. The Kier molecular flexibility index (Phi) is 6.15. The SMILES string of the molecule is COCCN1CCC2(CCC1=O)CN(Cc1ccc(C)s1)CCN2C. The molecule has 3 heterocycles. The van der Waals surface area contributed by atoms with Crippen molar-refractivity contribution in [3.05, 3.63) is 21.9 Å². The highest BCUT2D eigenvalue weighted by Crippen LogP contribution is 2.33. The van der Waals surface area contributed by atoms with Gasteiger partial charge >= 0.3 is 0 Å². The minimum absolute atomic E-state index is 0.127. The van der Waals surface area contributed by atoms with Crippen molar-refractivity contribution in [3.63, 3.8) is 0 Å². The molecule has 0 bridgehead atoms. The number of thiophene rings is 1. The number of ether oxygens (including phenoxy) is 1. The molecular weight excluding hydrogens is 334 g/mol. The summed E-state index contributed by atoms with van der Waals surface area (Å²) in [7, 11) is 3.94. The first-order valence-corrected chi connectivity index (χ1v) is 10.1. The second kappa shape index (κ2) is 8.16. The van der Waals surface area contributed by atoms with Crippen LogP contribution in [0.1, 0.15) is 29.0 Å². The van der Waals surface area contributed by atoms with Crippen LogP contribution in [0.2, 0.25) is 0 Å². The number of rotatable bonds is 5.